The Balaban J connectivity index is 3.37. The average molecular weight is 356 g/mol. The second-order valence-corrected chi connectivity index (χ2v) is 7.52. The molecule has 0 heterocycles. The van der Waals surface area contributed by atoms with E-state index in [1.165, 1.54) is 14.2 Å². The minimum absolute atomic E-state index is 0.0577. The van der Waals surface area contributed by atoms with Crippen LogP contribution in [0.1, 0.15) is 17.2 Å². The molecule has 126 valence electrons. The summed E-state index contributed by atoms with van der Waals surface area (Å²) in [5.74, 6) is -1.48. The van der Waals surface area contributed by atoms with Crippen LogP contribution in [-0.2, 0) is 20.2 Å². The fraction of sp³-hybridized carbons (Fsp3) is 0.455. The van der Waals surface area contributed by atoms with E-state index in [0.717, 1.165) is 12.1 Å². The number of ether oxygens (including phenoxy) is 2. The highest BCUT2D eigenvalue weighted by atomic mass is 32.2. The van der Waals surface area contributed by atoms with Gasteiger partial charge in [0.15, 0.2) is 11.5 Å². The van der Waals surface area contributed by atoms with Gasteiger partial charge in [0.1, 0.15) is 5.25 Å². The Labute approximate surface area is 128 Å². The molecule has 3 N–H and O–H groups in total. The zero-order valence-electron chi connectivity index (χ0n) is 11.8. The molecule has 0 fully saturated rings. The van der Waals surface area contributed by atoms with Crippen molar-refractivity contribution in [1.82, 2.24) is 0 Å². The van der Waals surface area contributed by atoms with Crippen molar-refractivity contribution in [3.05, 3.63) is 17.7 Å². The van der Waals surface area contributed by atoms with Crippen LogP contribution >= 0.6 is 0 Å². The normalized spacial score (nSPS) is 13.6. The van der Waals surface area contributed by atoms with Gasteiger partial charge in [0.25, 0.3) is 20.2 Å². The second kappa shape index (κ2) is 6.69. The van der Waals surface area contributed by atoms with E-state index in [-0.39, 0.29) is 22.8 Å². The molecule has 0 saturated heterocycles. The zero-order valence-corrected chi connectivity index (χ0v) is 13.4. The number of aromatic hydroxyl groups is 1. The van der Waals surface area contributed by atoms with Gasteiger partial charge in [-0.1, -0.05) is 0 Å². The lowest BCUT2D eigenvalue weighted by Crippen LogP contribution is -2.17. The molecule has 0 aliphatic carbocycles. The van der Waals surface area contributed by atoms with E-state index in [1.54, 1.807) is 0 Å². The summed E-state index contributed by atoms with van der Waals surface area (Å²) in [4.78, 5) is 0. The van der Waals surface area contributed by atoms with Crippen molar-refractivity contribution >= 4 is 20.2 Å². The Hall–Kier alpha value is -1.56. The quantitative estimate of drug-likeness (QED) is 0.598. The van der Waals surface area contributed by atoms with E-state index in [1.807, 2.05) is 0 Å². The molecule has 0 aliphatic heterocycles. The number of phenols is 1. The van der Waals surface area contributed by atoms with Crippen LogP contribution in [0.4, 0.5) is 0 Å². The zero-order chi connectivity index (χ0) is 17.1. The van der Waals surface area contributed by atoms with Crippen molar-refractivity contribution in [3.8, 4) is 17.2 Å². The number of methoxy groups -OCH3 is 2. The Morgan fingerprint density at radius 2 is 1.50 bits per heavy atom. The third-order valence-electron chi connectivity index (χ3n) is 2.87. The molecule has 0 unspecified atom stereocenters. The van der Waals surface area contributed by atoms with Crippen LogP contribution in [0.5, 0.6) is 17.2 Å². The molecule has 0 amide bonds. The molecule has 1 rings (SSSR count). The third kappa shape index (κ3) is 4.73. The van der Waals surface area contributed by atoms with Gasteiger partial charge in [0.05, 0.1) is 20.0 Å². The second-order valence-electron chi connectivity index (χ2n) is 4.35. The fourth-order valence-electron chi connectivity index (χ4n) is 1.84. The highest BCUT2D eigenvalue weighted by Gasteiger charge is 2.29. The molecule has 0 spiro atoms. The Morgan fingerprint density at radius 3 is 1.82 bits per heavy atom. The molecule has 1 aromatic rings. The number of hydrogen-bond acceptors (Lipinski definition) is 7. The largest absolute Gasteiger partial charge is 0.502 e. The summed E-state index contributed by atoms with van der Waals surface area (Å²) in [5.41, 5.74) is -0.0577. The first-order valence-electron chi connectivity index (χ1n) is 5.86. The maximum absolute atomic E-state index is 11.5. The maximum atomic E-state index is 11.5. The molecule has 1 atom stereocenters. The smallest absolute Gasteiger partial charge is 0.272 e. The highest BCUT2D eigenvalue weighted by molar-refractivity contribution is 7.86. The van der Waals surface area contributed by atoms with Gasteiger partial charge in [-0.2, -0.15) is 16.8 Å². The van der Waals surface area contributed by atoms with Gasteiger partial charge < -0.3 is 14.6 Å². The summed E-state index contributed by atoms with van der Waals surface area (Å²) < 4.78 is 72.2. The van der Waals surface area contributed by atoms with E-state index < -0.39 is 37.7 Å². The lowest BCUT2D eigenvalue weighted by atomic mass is 10.1. The molecule has 0 radical (unpaired) electrons. The minimum Gasteiger partial charge on any atom is -0.502 e. The van der Waals surface area contributed by atoms with Gasteiger partial charge in [-0.25, -0.2) is 0 Å². The van der Waals surface area contributed by atoms with Crippen LogP contribution < -0.4 is 9.47 Å². The molecule has 0 bridgehead atoms. The number of benzene rings is 1. The summed E-state index contributed by atoms with van der Waals surface area (Å²) in [6.45, 7) is 0. The SMILES string of the molecule is COc1cc([C@@H](CCS(=O)(=O)O)S(=O)(=O)O)cc(OC)c1O. The van der Waals surface area contributed by atoms with E-state index in [0.29, 0.717) is 0 Å². The summed E-state index contributed by atoms with van der Waals surface area (Å²) in [5, 5.41) is 8.12. The van der Waals surface area contributed by atoms with E-state index >= 15 is 0 Å². The Bertz CT molecular complexity index is 712. The topological polar surface area (TPSA) is 147 Å². The van der Waals surface area contributed by atoms with Crippen LogP contribution in [0, 0.1) is 0 Å². The van der Waals surface area contributed by atoms with Gasteiger partial charge in [-0.15, -0.1) is 0 Å². The first-order chi connectivity index (χ1) is 9.99. The van der Waals surface area contributed by atoms with Gasteiger partial charge in [0, 0.05) is 0 Å². The van der Waals surface area contributed by atoms with Crippen molar-refractivity contribution < 1.29 is 40.5 Å². The van der Waals surface area contributed by atoms with Crippen molar-refractivity contribution in [2.24, 2.45) is 0 Å². The molecular formula is C11H16O9S2. The Morgan fingerprint density at radius 1 is 1.05 bits per heavy atom. The molecule has 11 heteroatoms. The maximum Gasteiger partial charge on any atom is 0.272 e. The van der Waals surface area contributed by atoms with Crippen LogP contribution in [0.2, 0.25) is 0 Å². The predicted octanol–water partition coefficient (Wildman–Crippen LogP) is 0.616. The molecule has 0 aliphatic rings. The van der Waals surface area contributed by atoms with Crippen LogP contribution in [0.15, 0.2) is 12.1 Å². The number of hydrogen-bond donors (Lipinski definition) is 3. The van der Waals surface area contributed by atoms with Crippen LogP contribution in [-0.4, -0.2) is 51.0 Å². The van der Waals surface area contributed by atoms with E-state index in [2.05, 4.69) is 0 Å². The standard InChI is InChI=1S/C11H16O9S2/c1-19-8-5-7(6-9(20-2)11(8)12)10(22(16,17)18)3-4-21(13,14)15/h5-6,10,12H,3-4H2,1-2H3,(H,13,14,15)(H,16,17,18)/t10-/m1/s1. The number of rotatable bonds is 7. The van der Waals surface area contributed by atoms with Crippen LogP contribution in [0.25, 0.3) is 0 Å². The first kappa shape index (κ1) is 18.5. The van der Waals surface area contributed by atoms with Gasteiger partial charge in [-0.3, -0.25) is 9.11 Å². The first-order valence-corrected chi connectivity index (χ1v) is 8.97. The van der Waals surface area contributed by atoms with Crippen molar-refractivity contribution in [2.45, 2.75) is 11.7 Å². The fourth-order valence-corrected chi connectivity index (χ4v) is 3.42. The third-order valence-corrected chi connectivity index (χ3v) is 4.85. The summed E-state index contributed by atoms with van der Waals surface area (Å²) in [6, 6.07) is 2.25. The van der Waals surface area contributed by atoms with E-state index in [9.17, 15) is 26.5 Å². The molecule has 0 aromatic heterocycles. The number of phenolic OH excluding ortho intramolecular Hbond substituents is 1. The van der Waals surface area contributed by atoms with E-state index in [4.69, 9.17) is 14.0 Å². The Kier molecular flexibility index (Phi) is 5.62. The van der Waals surface area contributed by atoms with Crippen molar-refractivity contribution in [2.75, 3.05) is 20.0 Å². The molecule has 9 nitrogen and oxygen atoms in total. The lowest BCUT2D eigenvalue weighted by Gasteiger charge is -2.17. The van der Waals surface area contributed by atoms with Crippen LogP contribution in [0.3, 0.4) is 0 Å². The molecule has 0 saturated carbocycles. The predicted molar refractivity (Wildman–Crippen MR) is 76.5 cm³/mol. The lowest BCUT2D eigenvalue weighted by molar-refractivity contribution is 0.339. The molecule has 22 heavy (non-hydrogen) atoms. The molecular weight excluding hydrogens is 340 g/mol. The average Bonchev–Trinajstić information content (AvgIpc) is 2.37. The molecule has 1 aromatic carbocycles. The van der Waals surface area contributed by atoms with Crippen molar-refractivity contribution in [1.29, 1.82) is 0 Å². The highest BCUT2D eigenvalue weighted by Crippen LogP contribution is 2.40. The summed E-state index contributed by atoms with van der Waals surface area (Å²) in [6.07, 6.45) is -0.589. The van der Waals surface area contributed by atoms with Gasteiger partial charge in [-0.05, 0) is 24.1 Å². The summed E-state index contributed by atoms with van der Waals surface area (Å²) >= 11 is 0. The summed E-state index contributed by atoms with van der Waals surface area (Å²) in [7, 11) is -6.64. The van der Waals surface area contributed by atoms with Crippen molar-refractivity contribution in [3.63, 3.8) is 0 Å². The monoisotopic (exact) mass is 356 g/mol. The van der Waals surface area contributed by atoms with Gasteiger partial charge in [0.2, 0.25) is 5.75 Å². The minimum atomic E-state index is -4.67. The van der Waals surface area contributed by atoms with Gasteiger partial charge >= 0.3 is 0 Å².